The number of piperazine rings is 1. The van der Waals surface area contributed by atoms with E-state index in [1.165, 1.54) is 12.8 Å². The van der Waals surface area contributed by atoms with Gasteiger partial charge in [0.15, 0.2) is 0 Å². The van der Waals surface area contributed by atoms with Crippen LogP contribution in [0.3, 0.4) is 0 Å². The minimum Gasteiger partial charge on any atom is -0.367 e. The Labute approximate surface area is 169 Å². The number of nitrogens with zero attached hydrogens (tertiary/aromatic N) is 3. The largest absolute Gasteiger partial charge is 0.367 e. The third-order valence-electron chi connectivity index (χ3n) is 5.72. The van der Waals surface area contributed by atoms with E-state index in [9.17, 15) is 4.79 Å². The summed E-state index contributed by atoms with van der Waals surface area (Å²) in [6.07, 6.45) is 2.35. The van der Waals surface area contributed by atoms with Crippen LogP contribution in [0.2, 0.25) is 5.02 Å². The molecule has 1 aromatic heterocycles. The Morgan fingerprint density at radius 3 is 2.43 bits per heavy atom. The molecular weight excluding hydrogens is 370 g/mol. The van der Waals surface area contributed by atoms with Crippen molar-refractivity contribution in [2.24, 2.45) is 0 Å². The molecule has 142 valence electrons. The van der Waals surface area contributed by atoms with Gasteiger partial charge in [0.1, 0.15) is 0 Å². The molecule has 1 amide bonds. The van der Waals surface area contributed by atoms with Gasteiger partial charge in [-0.2, -0.15) is 0 Å². The zero-order chi connectivity index (χ0) is 19.1. The Morgan fingerprint density at radius 1 is 0.964 bits per heavy atom. The van der Waals surface area contributed by atoms with Gasteiger partial charge >= 0.3 is 0 Å². The summed E-state index contributed by atoms with van der Waals surface area (Å²) < 4.78 is 0. The van der Waals surface area contributed by atoms with Crippen molar-refractivity contribution < 1.29 is 4.79 Å². The number of rotatable bonds is 3. The highest BCUT2D eigenvalue weighted by Gasteiger charge is 2.29. The molecule has 3 aromatic rings. The van der Waals surface area contributed by atoms with Crippen LogP contribution >= 0.6 is 11.6 Å². The van der Waals surface area contributed by atoms with Gasteiger partial charge in [0, 0.05) is 43.2 Å². The van der Waals surface area contributed by atoms with Crippen molar-refractivity contribution in [3.05, 3.63) is 70.9 Å². The van der Waals surface area contributed by atoms with Crippen molar-refractivity contribution in [1.82, 2.24) is 9.88 Å². The lowest BCUT2D eigenvalue weighted by molar-refractivity contribution is 0.0748. The van der Waals surface area contributed by atoms with Crippen molar-refractivity contribution in [3.8, 4) is 0 Å². The van der Waals surface area contributed by atoms with Crippen LogP contribution in [0, 0.1) is 0 Å². The SMILES string of the molecule is O=C(c1cc(C2CC2)nc2ccccc12)N1CCN(c2ccccc2Cl)CC1. The first-order valence-electron chi connectivity index (χ1n) is 9.89. The molecule has 0 bridgehead atoms. The average molecular weight is 392 g/mol. The first-order chi connectivity index (χ1) is 13.7. The van der Waals surface area contributed by atoms with Gasteiger partial charge in [0.05, 0.1) is 21.8 Å². The summed E-state index contributed by atoms with van der Waals surface area (Å²) in [5.74, 6) is 0.632. The maximum Gasteiger partial charge on any atom is 0.254 e. The van der Waals surface area contributed by atoms with E-state index in [1.54, 1.807) is 0 Å². The number of hydrogen-bond donors (Lipinski definition) is 0. The molecule has 1 saturated carbocycles. The topological polar surface area (TPSA) is 36.4 Å². The summed E-state index contributed by atoms with van der Waals surface area (Å²) in [5.41, 5.74) is 3.82. The maximum absolute atomic E-state index is 13.4. The molecule has 2 heterocycles. The van der Waals surface area contributed by atoms with E-state index in [0.29, 0.717) is 19.0 Å². The molecule has 2 fully saturated rings. The predicted molar refractivity (Wildman–Crippen MR) is 113 cm³/mol. The summed E-state index contributed by atoms with van der Waals surface area (Å²) in [7, 11) is 0. The Balaban J connectivity index is 1.40. The van der Waals surface area contributed by atoms with Gasteiger partial charge in [-0.25, -0.2) is 0 Å². The molecule has 1 aliphatic heterocycles. The molecule has 0 atom stereocenters. The van der Waals surface area contributed by atoms with Gasteiger partial charge in [-0.1, -0.05) is 41.9 Å². The Morgan fingerprint density at radius 2 is 1.68 bits per heavy atom. The quantitative estimate of drug-likeness (QED) is 0.647. The van der Waals surface area contributed by atoms with Crippen molar-refractivity contribution in [2.75, 3.05) is 31.1 Å². The Bertz CT molecular complexity index is 1040. The molecule has 2 aromatic carbocycles. The molecule has 0 N–H and O–H groups in total. The van der Waals surface area contributed by atoms with Crippen LogP contribution in [0.5, 0.6) is 0 Å². The van der Waals surface area contributed by atoms with Gasteiger partial charge in [-0.15, -0.1) is 0 Å². The summed E-state index contributed by atoms with van der Waals surface area (Å²) in [6.45, 7) is 2.96. The van der Waals surface area contributed by atoms with E-state index < -0.39 is 0 Å². The van der Waals surface area contributed by atoms with E-state index in [4.69, 9.17) is 16.6 Å². The number of fused-ring (bicyclic) bond motifs is 1. The monoisotopic (exact) mass is 391 g/mol. The molecule has 1 saturated heterocycles. The molecular formula is C23H22ClN3O. The number of para-hydroxylation sites is 2. The second-order valence-corrected chi connectivity index (χ2v) is 8.02. The molecule has 0 unspecified atom stereocenters. The lowest BCUT2D eigenvalue weighted by Gasteiger charge is -2.36. The van der Waals surface area contributed by atoms with Crippen LogP contribution in [-0.2, 0) is 0 Å². The van der Waals surface area contributed by atoms with Crippen LogP contribution < -0.4 is 4.90 Å². The highest BCUT2D eigenvalue weighted by atomic mass is 35.5. The van der Waals surface area contributed by atoms with Crippen LogP contribution in [0.25, 0.3) is 10.9 Å². The van der Waals surface area contributed by atoms with E-state index in [-0.39, 0.29) is 5.91 Å². The van der Waals surface area contributed by atoms with Gasteiger partial charge in [0.25, 0.3) is 5.91 Å². The van der Waals surface area contributed by atoms with Gasteiger partial charge in [-0.05, 0) is 37.1 Å². The third kappa shape index (κ3) is 3.22. The molecule has 0 radical (unpaired) electrons. The van der Waals surface area contributed by atoms with Crippen LogP contribution in [-0.4, -0.2) is 42.0 Å². The summed E-state index contributed by atoms with van der Waals surface area (Å²) in [4.78, 5) is 22.4. The number of amides is 1. The summed E-state index contributed by atoms with van der Waals surface area (Å²) in [5, 5.41) is 1.71. The Kier molecular flexibility index (Phi) is 4.44. The maximum atomic E-state index is 13.4. The second-order valence-electron chi connectivity index (χ2n) is 7.62. The number of carbonyl (C=O) groups excluding carboxylic acids is 1. The second kappa shape index (κ2) is 7.10. The fourth-order valence-electron chi connectivity index (χ4n) is 3.99. The fourth-order valence-corrected chi connectivity index (χ4v) is 4.25. The van der Waals surface area contributed by atoms with Gasteiger partial charge < -0.3 is 9.80 Å². The van der Waals surface area contributed by atoms with Crippen LogP contribution in [0.1, 0.15) is 34.8 Å². The zero-order valence-electron chi connectivity index (χ0n) is 15.6. The average Bonchev–Trinajstić information content (AvgIpc) is 3.58. The molecule has 28 heavy (non-hydrogen) atoms. The number of halogens is 1. The number of hydrogen-bond acceptors (Lipinski definition) is 3. The predicted octanol–water partition coefficient (Wildman–Crippen LogP) is 4.73. The molecule has 1 aliphatic carbocycles. The fraction of sp³-hybridized carbons (Fsp3) is 0.304. The third-order valence-corrected chi connectivity index (χ3v) is 6.04. The minimum atomic E-state index is 0.110. The summed E-state index contributed by atoms with van der Waals surface area (Å²) in [6, 6.07) is 17.9. The number of aromatic nitrogens is 1. The first kappa shape index (κ1) is 17.5. The van der Waals surface area contributed by atoms with E-state index in [0.717, 1.165) is 46.0 Å². The molecule has 5 rings (SSSR count). The van der Waals surface area contributed by atoms with Crippen molar-refractivity contribution >= 4 is 34.1 Å². The zero-order valence-corrected chi connectivity index (χ0v) is 16.4. The lowest BCUT2D eigenvalue weighted by Crippen LogP contribution is -2.49. The number of anilines is 1. The lowest BCUT2D eigenvalue weighted by atomic mass is 10.0. The normalized spacial score (nSPS) is 17.2. The molecule has 5 heteroatoms. The Hall–Kier alpha value is -2.59. The first-order valence-corrected chi connectivity index (χ1v) is 10.3. The minimum absolute atomic E-state index is 0.110. The summed E-state index contributed by atoms with van der Waals surface area (Å²) >= 11 is 6.34. The molecule has 0 spiro atoms. The van der Waals surface area contributed by atoms with Crippen LogP contribution in [0.4, 0.5) is 5.69 Å². The van der Waals surface area contributed by atoms with Crippen molar-refractivity contribution in [3.63, 3.8) is 0 Å². The standard InChI is InChI=1S/C23H22ClN3O/c24-19-6-2-4-8-22(19)26-11-13-27(14-12-26)23(28)18-15-21(16-9-10-16)25-20-7-3-1-5-17(18)20/h1-8,15-16H,9-14H2. The molecule has 4 nitrogen and oxygen atoms in total. The van der Waals surface area contributed by atoms with Crippen molar-refractivity contribution in [2.45, 2.75) is 18.8 Å². The van der Waals surface area contributed by atoms with Crippen LogP contribution in [0.15, 0.2) is 54.6 Å². The highest BCUT2D eigenvalue weighted by Crippen LogP contribution is 2.40. The number of pyridine rings is 1. The van der Waals surface area contributed by atoms with E-state index >= 15 is 0 Å². The van der Waals surface area contributed by atoms with Gasteiger partial charge in [0.2, 0.25) is 0 Å². The smallest absolute Gasteiger partial charge is 0.254 e. The number of benzene rings is 2. The van der Waals surface area contributed by atoms with Gasteiger partial charge in [-0.3, -0.25) is 9.78 Å². The molecule has 2 aliphatic rings. The number of carbonyl (C=O) groups is 1. The van der Waals surface area contributed by atoms with E-state index in [2.05, 4.69) is 4.90 Å². The highest BCUT2D eigenvalue weighted by molar-refractivity contribution is 6.33. The van der Waals surface area contributed by atoms with Crippen molar-refractivity contribution in [1.29, 1.82) is 0 Å². The van der Waals surface area contributed by atoms with E-state index in [1.807, 2.05) is 59.5 Å².